The smallest absolute Gasteiger partial charge is 0.337 e. The van der Waals surface area contributed by atoms with Gasteiger partial charge in [0, 0.05) is 13.0 Å². The Balaban J connectivity index is 1.18. The van der Waals surface area contributed by atoms with Crippen molar-refractivity contribution in [1.29, 1.82) is 0 Å². The number of nitrogens with one attached hydrogen (secondary N) is 2. The van der Waals surface area contributed by atoms with E-state index >= 15 is 0 Å². The first kappa shape index (κ1) is 27.8. The Hall–Kier alpha value is -3.26. The number of hydrogen-bond donors (Lipinski definition) is 2. The Morgan fingerprint density at radius 3 is 2.58 bits per heavy atom. The summed E-state index contributed by atoms with van der Waals surface area (Å²) in [5.74, 6) is -1.26. The third-order valence-corrected chi connectivity index (χ3v) is 8.79. The van der Waals surface area contributed by atoms with Crippen LogP contribution in [0.3, 0.4) is 0 Å². The second-order valence-electron chi connectivity index (χ2n) is 7.88. The van der Waals surface area contributed by atoms with Crippen molar-refractivity contribution in [2.45, 2.75) is 17.2 Å². The predicted octanol–water partition coefficient (Wildman–Crippen LogP) is 4.00. The van der Waals surface area contributed by atoms with E-state index in [1.807, 2.05) is 24.3 Å². The van der Waals surface area contributed by atoms with Crippen molar-refractivity contribution in [3.8, 4) is 0 Å². The number of amides is 3. The highest BCUT2D eigenvalue weighted by atomic mass is 32.2. The topological polar surface area (TPSA) is 118 Å². The van der Waals surface area contributed by atoms with Crippen molar-refractivity contribution < 1.29 is 23.9 Å². The van der Waals surface area contributed by atoms with E-state index in [1.165, 1.54) is 46.9 Å². The van der Waals surface area contributed by atoms with Gasteiger partial charge in [-0.2, -0.15) is 0 Å². The van der Waals surface area contributed by atoms with Gasteiger partial charge in [0.15, 0.2) is 4.34 Å². The summed E-state index contributed by atoms with van der Waals surface area (Å²) in [7, 11) is 1.31. The lowest BCUT2D eigenvalue weighted by atomic mass is 10.1. The summed E-state index contributed by atoms with van der Waals surface area (Å²) in [6, 6.07) is 14.4. The molecule has 1 saturated heterocycles. The summed E-state index contributed by atoms with van der Waals surface area (Å²) in [6.07, 6.45) is 2.18. The zero-order valence-corrected chi connectivity index (χ0v) is 23.4. The number of thiazole rings is 1. The second kappa shape index (κ2) is 13.0. The summed E-state index contributed by atoms with van der Waals surface area (Å²) < 4.78 is 6.93. The van der Waals surface area contributed by atoms with E-state index in [0.717, 1.165) is 20.1 Å². The molecule has 0 unspecified atom stereocenters. The number of para-hydroxylation sites is 1. The molecule has 3 amide bonds. The molecule has 0 spiro atoms. The van der Waals surface area contributed by atoms with Crippen LogP contribution in [0, 0.1) is 0 Å². The molecular formula is C25H22N4O5S4. The fraction of sp³-hybridized carbons (Fsp3) is 0.200. The van der Waals surface area contributed by atoms with Crippen LogP contribution in [0.4, 0.5) is 0 Å². The average Bonchev–Trinajstić information content (AvgIpc) is 3.46. The number of ether oxygens (including phenoxy) is 1. The monoisotopic (exact) mass is 586 g/mol. The van der Waals surface area contributed by atoms with E-state index in [9.17, 15) is 19.2 Å². The largest absolute Gasteiger partial charge is 0.465 e. The predicted molar refractivity (Wildman–Crippen MR) is 154 cm³/mol. The standard InChI is InChI=1S/C25H22N4O5S4/c1-34-23(33)16-10-8-15(9-11-16)13-19-22(32)29(25(35)38-19)12-4-7-20(30)27-28-21(31)14-36-24-26-17-5-2-3-6-18(17)37-24/h2-3,5-6,8-11,13H,4,7,12,14H2,1H3,(H,27,30)(H,28,31)/b19-13-. The van der Waals surface area contributed by atoms with Gasteiger partial charge in [-0.15, -0.1) is 11.3 Å². The first-order valence-electron chi connectivity index (χ1n) is 11.3. The number of carbonyl (C=O) groups is 4. The van der Waals surface area contributed by atoms with E-state index < -0.39 is 5.97 Å². The molecule has 9 nitrogen and oxygen atoms in total. The lowest BCUT2D eigenvalue weighted by Gasteiger charge is -2.14. The molecule has 13 heteroatoms. The Labute approximate surface area is 236 Å². The lowest BCUT2D eigenvalue weighted by molar-refractivity contribution is -0.128. The summed E-state index contributed by atoms with van der Waals surface area (Å²) in [4.78, 5) is 55.0. The van der Waals surface area contributed by atoms with Gasteiger partial charge < -0.3 is 4.74 Å². The highest BCUT2D eigenvalue weighted by molar-refractivity contribution is 8.26. The minimum absolute atomic E-state index is 0.108. The number of hydrogen-bond acceptors (Lipinski definition) is 10. The summed E-state index contributed by atoms with van der Waals surface area (Å²) in [5.41, 5.74) is 6.85. The van der Waals surface area contributed by atoms with Gasteiger partial charge in [-0.25, -0.2) is 9.78 Å². The summed E-state index contributed by atoms with van der Waals surface area (Å²) >= 11 is 9.33. The second-order valence-corrected chi connectivity index (χ2v) is 11.8. The van der Waals surface area contributed by atoms with Crippen molar-refractivity contribution in [2.75, 3.05) is 19.4 Å². The van der Waals surface area contributed by atoms with Crippen LogP contribution >= 0.6 is 47.1 Å². The van der Waals surface area contributed by atoms with Gasteiger partial charge in [0.2, 0.25) is 11.8 Å². The van der Waals surface area contributed by atoms with Crippen LogP contribution in [0.25, 0.3) is 16.3 Å². The molecule has 2 aromatic carbocycles. The summed E-state index contributed by atoms with van der Waals surface area (Å²) in [5, 5.41) is 0. The van der Waals surface area contributed by atoms with E-state index in [4.69, 9.17) is 12.2 Å². The molecule has 0 bridgehead atoms. The maximum Gasteiger partial charge on any atom is 0.337 e. The lowest BCUT2D eigenvalue weighted by Crippen LogP contribution is -2.42. The number of aromatic nitrogens is 1. The van der Waals surface area contributed by atoms with Crippen LogP contribution < -0.4 is 10.9 Å². The van der Waals surface area contributed by atoms with Crippen LogP contribution in [0.1, 0.15) is 28.8 Å². The van der Waals surface area contributed by atoms with Crippen molar-refractivity contribution in [3.05, 3.63) is 64.6 Å². The molecule has 196 valence electrons. The molecular weight excluding hydrogens is 565 g/mol. The highest BCUT2D eigenvalue weighted by Crippen LogP contribution is 2.33. The molecule has 1 aliphatic rings. The Kier molecular flexibility index (Phi) is 9.50. The number of benzene rings is 2. The number of rotatable bonds is 9. The van der Waals surface area contributed by atoms with Crippen LogP contribution in [0.15, 0.2) is 57.8 Å². The van der Waals surface area contributed by atoms with Crippen molar-refractivity contribution in [2.24, 2.45) is 0 Å². The van der Waals surface area contributed by atoms with Crippen molar-refractivity contribution in [3.63, 3.8) is 0 Å². The minimum atomic E-state index is -0.435. The summed E-state index contributed by atoms with van der Waals surface area (Å²) in [6.45, 7) is 0.276. The van der Waals surface area contributed by atoms with Crippen molar-refractivity contribution >= 4 is 91.4 Å². The molecule has 3 aromatic rings. The van der Waals surface area contributed by atoms with Gasteiger partial charge in [-0.3, -0.25) is 30.1 Å². The fourth-order valence-corrected chi connectivity index (χ4v) is 6.53. The Bertz CT molecular complexity index is 1390. The number of fused-ring (bicyclic) bond motifs is 1. The number of thiocarbonyl (C=S) groups is 1. The van der Waals surface area contributed by atoms with Crippen LogP contribution in [0.5, 0.6) is 0 Å². The molecule has 1 aromatic heterocycles. The van der Waals surface area contributed by atoms with Gasteiger partial charge in [0.1, 0.15) is 4.32 Å². The molecule has 38 heavy (non-hydrogen) atoms. The van der Waals surface area contributed by atoms with Crippen LogP contribution in [-0.4, -0.2) is 57.3 Å². The molecule has 1 aliphatic heterocycles. The molecule has 2 N–H and O–H groups in total. The molecule has 4 rings (SSSR count). The zero-order chi connectivity index (χ0) is 27.1. The van der Waals surface area contributed by atoms with Crippen LogP contribution in [0.2, 0.25) is 0 Å². The molecule has 2 heterocycles. The Morgan fingerprint density at radius 2 is 1.84 bits per heavy atom. The first-order valence-corrected chi connectivity index (χ1v) is 14.4. The molecule has 1 fully saturated rings. The minimum Gasteiger partial charge on any atom is -0.465 e. The third-order valence-electron chi connectivity index (χ3n) is 5.23. The quantitative estimate of drug-likeness (QED) is 0.126. The maximum absolute atomic E-state index is 12.8. The molecule has 0 atom stereocenters. The van der Waals surface area contributed by atoms with Gasteiger partial charge in [-0.05, 0) is 42.3 Å². The molecule has 0 saturated carbocycles. The highest BCUT2D eigenvalue weighted by Gasteiger charge is 2.31. The van der Waals surface area contributed by atoms with E-state index in [-0.39, 0.29) is 36.4 Å². The van der Waals surface area contributed by atoms with Gasteiger partial charge in [0.25, 0.3) is 5.91 Å². The average molecular weight is 587 g/mol. The number of carbonyl (C=O) groups excluding carboxylic acids is 4. The first-order chi connectivity index (χ1) is 18.3. The normalized spacial score (nSPS) is 14.2. The SMILES string of the molecule is COC(=O)c1ccc(/C=C2\SC(=S)N(CCCC(=O)NNC(=O)CSc3nc4ccccc4s3)C2=O)cc1. The zero-order valence-electron chi connectivity index (χ0n) is 20.1. The fourth-order valence-electron chi connectivity index (χ4n) is 3.35. The number of methoxy groups -OCH3 is 1. The van der Waals surface area contributed by atoms with E-state index in [0.29, 0.717) is 21.2 Å². The van der Waals surface area contributed by atoms with E-state index in [1.54, 1.807) is 30.3 Å². The van der Waals surface area contributed by atoms with Gasteiger partial charge >= 0.3 is 5.97 Å². The number of esters is 1. The van der Waals surface area contributed by atoms with Gasteiger partial charge in [-0.1, -0.05) is 60.0 Å². The van der Waals surface area contributed by atoms with Gasteiger partial charge in [0.05, 0.1) is 33.5 Å². The Morgan fingerprint density at radius 1 is 1.11 bits per heavy atom. The van der Waals surface area contributed by atoms with Crippen LogP contribution in [-0.2, 0) is 19.1 Å². The molecule has 0 radical (unpaired) electrons. The van der Waals surface area contributed by atoms with E-state index in [2.05, 4.69) is 20.6 Å². The third kappa shape index (κ3) is 7.19. The van der Waals surface area contributed by atoms with Crippen molar-refractivity contribution in [1.82, 2.24) is 20.7 Å². The molecule has 0 aliphatic carbocycles. The maximum atomic E-state index is 12.8. The number of nitrogens with zero attached hydrogens (tertiary/aromatic N) is 2. The number of hydrazine groups is 1. The number of thioether (sulfide) groups is 2.